The molecule has 0 bridgehead atoms. The van der Waals surface area contributed by atoms with Crippen molar-refractivity contribution in [2.75, 3.05) is 13.7 Å². The minimum absolute atomic E-state index is 0.00973. The van der Waals surface area contributed by atoms with E-state index in [-0.39, 0.29) is 24.2 Å². The lowest BCUT2D eigenvalue weighted by atomic mass is 9.92. The van der Waals surface area contributed by atoms with Crippen LogP contribution in [-0.2, 0) is 14.3 Å². The summed E-state index contributed by atoms with van der Waals surface area (Å²) in [5.74, 6) is -0.208. The zero-order chi connectivity index (χ0) is 16.3. The molecule has 0 fully saturated rings. The van der Waals surface area contributed by atoms with Crippen LogP contribution in [0.5, 0.6) is 0 Å². The normalized spacial score (nSPS) is 21.4. The van der Waals surface area contributed by atoms with Gasteiger partial charge in [-0.2, -0.15) is 0 Å². The van der Waals surface area contributed by atoms with Crippen LogP contribution in [0.3, 0.4) is 0 Å². The van der Waals surface area contributed by atoms with Crippen LogP contribution >= 0.6 is 0 Å². The number of ether oxygens (including phenoxy) is 2. The fraction of sp³-hybridized carbons (Fsp3) is 0.824. The Morgan fingerprint density at radius 2 is 1.95 bits per heavy atom. The molecule has 4 nitrogen and oxygen atoms in total. The summed E-state index contributed by atoms with van der Waals surface area (Å²) in [5, 5.41) is 3.24. The summed E-state index contributed by atoms with van der Waals surface area (Å²) in [6, 6.07) is 0.281. The van der Waals surface area contributed by atoms with Gasteiger partial charge < -0.3 is 14.8 Å². The van der Waals surface area contributed by atoms with Crippen molar-refractivity contribution in [2.45, 2.75) is 78.6 Å². The summed E-state index contributed by atoms with van der Waals surface area (Å²) in [5.41, 5.74) is 0.739. The molecule has 124 valence electrons. The molecule has 0 spiro atoms. The number of nitrogens with one attached hydrogen (secondary N) is 1. The van der Waals surface area contributed by atoms with Gasteiger partial charge in [-0.25, -0.2) is 4.79 Å². The average Bonchev–Trinajstić information content (AvgIpc) is 2.54. The second kappa shape index (κ2) is 11.8. The van der Waals surface area contributed by atoms with Crippen molar-refractivity contribution in [3.05, 3.63) is 11.6 Å². The van der Waals surface area contributed by atoms with Crippen molar-refractivity contribution in [3.8, 4) is 0 Å². The van der Waals surface area contributed by atoms with Gasteiger partial charge in [-0.3, -0.25) is 0 Å². The second-order valence-corrected chi connectivity index (χ2v) is 4.95. The maximum atomic E-state index is 11.9. The summed E-state index contributed by atoms with van der Waals surface area (Å²) in [4.78, 5) is 11.9. The lowest BCUT2D eigenvalue weighted by Gasteiger charge is -2.30. The van der Waals surface area contributed by atoms with E-state index in [1.54, 1.807) is 0 Å². The Bertz CT molecular complexity index is 311. The van der Waals surface area contributed by atoms with E-state index in [9.17, 15) is 4.79 Å². The monoisotopic (exact) mass is 299 g/mol. The van der Waals surface area contributed by atoms with Crippen LogP contribution in [0.1, 0.15) is 60.3 Å². The molecule has 2 unspecified atom stereocenters. The molecule has 0 aromatic carbocycles. The predicted octanol–water partition coefficient (Wildman–Crippen LogP) is 3.46. The first kappa shape index (κ1) is 20.1. The summed E-state index contributed by atoms with van der Waals surface area (Å²) in [6.45, 7) is 10.5. The maximum absolute atomic E-state index is 11.9. The van der Waals surface area contributed by atoms with Crippen LogP contribution in [0.2, 0.25) is 0 Å². The van der Waals surface area contributed by atoms with Gasteiger partial charge in [0.1, 0.15) is 0 Å². The molecule has 0 radical (unpaired) electrons. The molecule has 1 aliphatic carbocycles. The molecule has 0 aliphatic heterocycles. The topological polar surface area (TPSA) is 47.6 Å². The molecule has 0 saturated carbocycles. The first-order valence-electron chi connectivity index (χ1n) is 8.35. The number of carbonyl (C=O) groups excluding carboxylic acids is 1. The van der Waals surface area contributed by atoms with Gasteiger partial charge in [0.2, 0.25) is 0 Å². The van der Waals surface area contributed by atoms with Crippen LogP contribution in [0, 0.1) is 0 Å². The zero-order valence-electron chi connectivity index (χ0n) is 14.6. The van der Waals surface area contributed by atoms with E-state index < -0.39 is 0 Å². The van der Waals surface area contributed by atoms with E-state index in [0.717, 1.165) is 31.3 Å². The molecular weight excluding hydrogens is 266 g/mol. The van der Waals surface area contributed by atoms with Crippen LogP contribution in [0.4, 0.5) is 0 Å². The molecule has 4 heteroatoms. The molecule has 1 N–H and O–H groups in total. The van der Waals surface area contributed by atoms with E-state index in [4.69, 9.17) is 9.47 Å². The van der Waals surface area contributed by atoms with Crippen molar-refractivity contribution in [2.24, 2.45) is 0 Å². The van der Waals surface area contributed by atoms with Crippen LogP contribution in [0.15, 0.2) is 11.6 Å². The summed E-state index contributed by atoms with van der Waals surface area (Å²) in [6.07, 6.45) is 5.86. The molecule has 0 aromatic rings. The minimum atomic E-state index is -0.208. The van der Waals surface area contributed by atoms with Gasteiger partial charge in [0.05, 0.1) is 18.8 Å². The number of hydrogen-bond donors (Lipinski definition) is 1. The van der Waals surface area contributed by atoms with Crippen molar-refractivity contribution in [3.63, 3.8) is 0 Å². The maximum Gasteiger partial charge on any atom is 0.333 e. The second-order valence-electron chi connectivity index (χ2n) is 4.95. The van der Waals surface area contributed by atoms with E-state index >= 15 is 0 Å². The van der Waals surface area contributed by atoms with E-state index in [0.29, 0.717) is 6.61 Å². The molecule has 0 heterocycles. The Morgan fingerprint density at radius 1 is 1.33 bits per heavy atom. The van der Waals surface area contributed by atoms with Gasteiger partial charge in [-0.1, -0.05) is 27.7 Å². The Labute approximate surface area is 130 Å². The molecular formula is C17H33NO3. The van der Waals surface area contributed by atoms with E-state index in [1.807, 2.05) is 33.9 Å². The van der Waals surface area contributed by atoms with Gasteiger partial charge in [0.25, 0.3) is 0 Å². The quantitative estimate of drug-likeness (QED) is 0.731. The Balaban J connectivity index is 0.00000191. The van der Waals surface area contributed by atoms with Gasteiger partial charge in [-0.05, 0) is 45.7 Å². The highest BCUT2D eigenvalue weighted by molar-refractivity contribution is 5.88. The SMILES string of the molecule is CC.CCOC(=O)C1=CC(OC(CC)CC)CC(NC)C1. The van der Waals surface area contributed by atoms with E-state index in [2.05, 4.69) is 19.2 Å². The van der Waals surface area contributed by atoms with Gasteiger partial charge in [0.15, 0.2) is 0 Å². The first-order chi connectivity index (χ1) is 10.1. The molecule has 21 heavy (non-hydrogen) atoms. The largest absolute Gasteiger partial charge is 0.463 e. The number of esters is 1. The fourth-order valence-electron chi connectivity index (χ4n) is 2.41. The lowest BCUT2D eigenvalue weighted by Crippen LogP contribution is -2.37. The summed E-state index contributed by atoms with van der Waals surface area (Å²) < 4.78 is 11.1. The Morgan fingerprint density at radius 3 is 2.43 bits per heavy atom. The first-order valence-corrected chi connectivity index (χ1v) is 8.35. The fourth-order valence-corrected chi connectivity index (χ4v) is 2.41. The lowest BCUT2D eigenvalue weighted by molar-refractivity contribution is -0.139. The minimum Gasteiger partial charge on any atom is -0.463 e. The summed E-state index contributed by atoms with van der Waals surface area (Å²) in [7, 11) is 1.92. The number of hydrogen-bond acceptors (Lipinski definition) is 4. The number of carbonyl (C=O) groups is 1. The highest BCUT2D eigenvalue weighted by atomic mass is 16.5. The molecule has 1 aliphatic rings. The van der Waals surface area contributed by atoms with E-state index in [1.165, 1.54) is 0 Å². The molecule has 1 rings (SSSR count). The van der Waals surface area contributed by atoms with Gasteiger partial charge in [0, 0.05) is 11.6 Å². The molecule has 2 atom stereocenters. The van der Waals surface area contributed by atoms with Crippen LogP contribution in [0.25, 0.3) is 0 Å². The smallest absolute Gasteiger partial charge is 0.333 e. The van der Waals surface area contributed by atoms with Crippen LogP contribution in [-0.4, -0.2) is 37.9 Å². The van der Waals surface area contributed by atoms with Crippen molar-refractivity contribution >= 4 is 5.97 Å². The summed E-state index contributed by atoms with van der Waals surface area (Å²) >= 11 is 0. The standard InChI is InChI=1S/C15H27NO3.C2H6/c1-5-13(6-2)19-14-9-11(15(17)18-7-3)8-12(10-14)16-4;1-2/h9,12-14,16H,5-8,10H2,1-4H3;1-2H3. The van der Waals surface area contributed by atoms with Crippen molar-refractivity contribution < 1.29 is 14.3 Å². The Kier molecular flexibility index (Phi) is 11.3. The molecule has 0 aromatic heterocycles. The third-order valence-corrected chi connectivity index (χ3v) is 3.59. The Hall–Kier alpha value is -0.870. The highest BCUT2D eigenvalue weighted by Gasteiger charge is 2.27. The zero-order valence-corrected chi connectivity index (χ0v) is 14.6. The molecule has 0 amide bonds. The molecule has 0 saturated heterocycles. The van der Waals surface area contributed by atoms with Crippen LogP contribution < -0.4 is 5.32 Å². The average molecular weight is 299 g/mol. The predicted molar refractivity (Wildman–Crippen MR) is 87.4 cm³/mol. The van der Waals surface area contributed by atoms with Gasteiger partial charge >= 0.3 is 5.97 Å². The highest BCUT2D eigenvalue weighted by Crippen LogP contribution is 2.24. The third kappa shape index (κ3) is 7.09. The number of rotatable bonds is 7. The van der Waals surface area contributed by atoms with Gasteiger partial charge in [-0.15, -0.1) is 0 Å². The third-order valence-electron chi connectivity index (χ3n) is 3.59. The van der Waals surface area contributed by atoms with Crippen molar-refractivity contribution in [1.82, 2.24) is 5.32 Å². The van der Waals surface area contributed by atoms with Crippen molar-refractivity contribution in [1.29, 1.82) is 0 Å².